The molecule has 5 nitrogen and oxygen atoms in total. The van der Waals surface area contributed by atoms with E-state index in [-0.39, 0.29) is 6.04 Å². The largest absolute Gasteiger partial charge is 0.370 e. The van der Waals surface area contributed by atoms with Crippen LogP contribution in [0.4, 0.5) is 0 Å². The van der Waals surface area contributed by atoms with Crippen molar-refractivity contribution < 1.29 is 0 Å². The van der Waals surface area contributed by atoms with Crippen molar-refractivity contribution in [3.8, 4) is 0 Å². The molecule has 0 aliphatic carbocycles. The van der Waals surface area contributed by atoms with Crippen LogP contribution in [0.25, 0.3) is 0 Å². The molecule has 1 atom stereocenters. The van der Waals surface area contributed by atoms with E-state index in [0.717, 1.165) is 12.1 Å². The Kier molecular flexibility index (Phi) is 2.30. The molecule has 1 aliphatic heterocycles. The zero-order chi connectivity index (χ0) is 9.97. The first-order chi connectivity index (χ1) is 6.83. The van der Waals surface area contributed by atoms with Gasteiger partial charge in [0.2, 0.25) is 0 Å². The Morgan fingerprint density at radius 3 is 2.86 bits per heavy atom. The van der Waals surface area contributed by atoms with E-state index in [1.165, 1.54) is 6.33 Å². The monoisotopic (exact) mass is 191 g/mol. The molecule has 2 heterocycles. The number of nitrogens with two attached hydrogens (primary N) is 1. The summed E-state index contributed by atoms with van der Waals surface area (Å²) in [5.74, 6) is 0.612. The van der Waals surface area contributed by atoms with Crippen molar-refractivity contribution in [3.05, 3.63) is 24.3 Å². The molecule has 0 saturated carbocycles. The Labute approximate surface area is 82.7 Å². The number of likely N-dealkylation sites (N-methyl/N-ethyl adjacent to an activating group) is 1. The topological polar surface area (TPSA) is 67.4 Å². The van der Waals surface area contributed by atoms with E-state index in [9.17, 15) is 0 Å². The highest BCUT2D eigenvalue weighted by Crippen LogP contribution is 2.23. The summed E-state index contributed by atoms with van der Waals surface area (Å²) in [6.07, 6.45) is 5.15. The Hall–Kier alpha value is -1.65. The van der Waals surface area contributed by atoms with Gasteiger partial charge in [-0.05, 0) is 6.92 Å². The van der Waals surface area contributed by atoms with Crippen LogP contribution in [0.5, 0.6) is 0 Å². The summed E-state index contributed by atoms with van der Waals surface area (Å²) >= 11 is 0. The van der Waals surface area contributed by atoms with Crippen LogP contribution in [-0.2, 0) is 0 Å². The SMILES string of the molecule is CCN1C(N)=NCC1c1cncnc1. The highest BCUT2D eigenvalue weighted by molar-refractivity contribution is 5.80. The van der Waals surface area contributed by atoms with Crippen LogP contribution in [0.15, 0.2) is 23.7 Å². The molecule has 2 rings (SSSR count). The average molecular weight is 191 g/mol. The second-order valence-corrected chi connectivity index (χ2v) is 3.17. The first-order valence-electron chi connectivity index (χ1n) is 4.64. The fraction of sp³-hybridized carbons (Fsp3) is 0.444. The number of hydrogen-bond donors (Lipinski definition) is 1. The van der Waals surface area contributed by atoms with E-state index in [4.69, 9.17) is 5.73 Å². The quantitative estimate of drug-likeness (QED) is 0.723. The van der Waals surface area contributed by atoms with Gasteiger partial charge in [0.1, 0.15) is 6.33 Å². The van der Waals surface area contributed by atoms with Gasteiger partial charge >= 0.3 is 0 Å². The van der Waals surface area contributed by atoms with Gasteiger partial charge in [-0.15, -0.1) is 0 Å². The summed E-state index contributed by atoms with van der Waals surface area (Å²) < 4.78 is 0. The summed E-state index contributed by atoms with van der Waals surface area (Å²) in [5, 5.41) is 0. The summed E-state index contributed by atoms with van der Waals surface area (Å²) in [6.45, 7) is 3.62. The fourth-order valence-corrected chi connectivity index (χ4v) is 1.68. The van der Waals surface area contributed by atoms with E-state index < -0.39 is 0 Å². The smallest absolute Gasteiger partial charge is 0.191 e. The summed E-state index contributed by atoms with van der Waals surface area (Å²) in [5.41, 5.74) is 6.82. The number of rotatable bonds is 2. The van der Waals surface area contributed by atoms with Gasteiger partial charge in [0.15, 0.2) is 5.96 Å². The fourth-order valence-electron chi connectivity index (χ4n) is 1.68. The first kappa shape index (κ1) is 8.93. The summed E-state index contributed by atoms with van der Waals surface area (Å²) in [4.78, 5) is 14.3. The molecule has 1 aromatic rings. The normalized spacial score (nSPS) is 21.1. The third kappa shape index (κ3) is 1.41. The number of guanidine groups is 1. The van der Waals surface area contributed by atoms with Crippen LogP contribution in [0.2, 0.25) is 0 Å². The molecule has 0 fully saturated rings. The molecular formula is C9H13N5. The van der Waals surface area contributed by atoms with Crippen molar-refractivity contribution in [2.24, 2.45) is 10.7 Å². The van der Waals surface area contributed by atoms with Gasteiger partial charge in [-0.3, -0.25) is 4.99 Å². The van der Waals surface area contributed by atoms with Crippen molar-refractivity contribution >= 4 is 5.96 Å². The van der Waals surface area contributed by atoms with E-state index in [1.54, 1.807) is 0 Å². The Morgan fingerprint density at radius 1 is 1.50 bits per heavy atom. The molecule has 14 heavy (non-hydrogen) atoms. The molecule has 0 amide bonds. The lowest BCUT2D eigenvalue weighted by Crippen LogP contribution is -2.35. The lowest BCUT2D eigenvalue weighted by molar-refractivity contribution is 0.363. The molecule has 1 unspecified atom stereocenters. The van der Waals surface area contributed by atoms with Crippen molar-refractivity contribution in [1.82, 2.24) is 14.9 Å². The maximum Gasteiger partial charge on any atom is 0.191 e. The molecule has 0 saturated heterocycles. The molecule has 2 N–H and O–H groups in total. The van der Waals surface area contributed by atoms with Gasteiger partial charge in [0.25, 0.3) is 0 Å². The first-order valence-corrected chi connectivity index (χ1v) is 4.64. The number of aliphatic imine (C=N–C) groups is 1. The highest BCUT2D eigenvalue weighted by Gasteiger charge is 2.26. The van der Waals surface area contributed by atoms with E-state index in [2.05, 4.69) is 26.8 Å². The molecular weight excluding hydrogens is 178 g/mol. The molecule has 0 spiro atoms. The molecule has 0 aromatic carbocycles. The van der Waals surface area contributed by atoms with Crippen LogP contribution in [0.3, 0.4) is 0 Å². The van der Waals surface area contributed by atoms with Crippen LogP contribution in [0.1, 0.15) is 18.5 Å². The zero-order valence-corrected chi connectivity index (χ0v) is 8.09. The maximum absolute atomic E-state index is 5.75. The molecule has 1 aromatic heterocycles. The molecule has 0 radical (unpaired) electrons. The van der Waals surface area contributed by atoms with Crippen LogP contribution in [-0.4, -0.2) is 33.9 Å². The lowest BCUT2D eigenvalue weighted by atomic mass is 10.1. The zero-order valence-electron chi connectivity index (χ0n) is 8.09. The predicted octanol–water partition coefficient (Wildman–Crippen LogP) is 0.168. The standard InChI is InChI=1S/C9H13N5/c1-2-14-8(5-13-9(14)10)7-3-11-6-12-4-7/h3-4,6,8H,2,5H2,1H3,(H2,10,13). The minimum absolute atomic E-state index is 0.209. The minimum Gasteiger partial charge on any atom is -0.370 e. The van der Waals surface area contributed by atoms with Crippen molar-refractivity contribution in [2.75, 3.05) is 13.1 Å². The van der Waals surface area contributed by atoms with Crippen molar-refractivity contribution in [1.29, 1.82) is 0 Å². The molecule has 0 bridgehead atoms. The van der Waals surface area contributed by atoms with Crippen molar-refractivity contribution in [3.63, 3.8) is 0 Å². The van der Waals surface area contributed by atoms with Gasteiger partial charge in [-0.25, -0.2) is 9.97 Å². The Balaban J connectivity index is 2.22. The Bertz CT molecular complexity index is 334. The van der Waals surface area contributed by atoms with E-state index in [1.807, 2.05) is 12.4 Å². The van der Waals surface area contributed by atoms with Gasteiger partial charge < -0.3 is 10.6 Å². The third-order valence-electron chi connectivity index (χ3n) is 2.40. The van der Waals surface area contributed by atoms with Gasteiger partial charge in [-0.1, -0.05) is 0 Å². The van der Waals surface area contributed by atoms with Crippen LogP contribution >= 0.6 is 0 Å². The minimum atomic E-state index is 0.209. The second kappa shape index (κ2) is 3.61. The number of nitrogens with zero attached hydrogens (tertiary/aromatic N) is 4. The molecule has 5 heteroatoms. The predicted molar refractivity (Wildman–Crippen MR) is 53.6 cm³/mol. The van der Waals surface area contributed by atoms with E-state index in [0.29, 0.717) is 12.5 Å². The Morgan fingerprint density at radius 2 is 2.21 bits per heavy atom. The highest BCUT2D eigenvalue weighted by atomic mass is 15.3. The van der Waals surface area contributed by atoms with Crippen LogP contribution < -0.4 is 5.73 Å². The molecule has 1 aliphatic rings. The third-order valence-corrected chi connectivity index (χ3v) is 2.40. The van der Waals surface area contributed by atoms with Gasteiger partial charge in [0, 0.05) is 24.5 Å². The average Bonchev–Trinajstić information content (AvgIpc) is 2.61. The van der Waals surface area contributed by atoms with Crippen LogP contribution in [0, 0.1) is 0 Å². The number of hydrogen-bond acceptors (Lipinski definition) is 5. The van der Waals surface area contributed by atoms with Gasteiger partial charge in [0.05, 0.1) is 12.6 Å². The number of aromatic nitrogens is 2. The van der Waals surface area contributed by atoms with E-state index >= 15 is 0 Å². The second-order valence-electron chi connectivity index (χ2n) is 3.17. The summed E-state index contributed by atoms with van der Waals surface area (Å²) in [6, 6.07) is 0.209. The molecule has 74 valence electrons. The van der Waals surface area contributed by atoms with Gasteiger partial charge in [-0.2, -0.15) is 0 Å². The maximum atomic E-state index is 5.75. The lowest BCUT2D eigenvalue weighted by Gasteiger charge is -2.24. The van der Waals surface area contributed by atoms with Crippen molar-refractivity contribution in [2.45, 2.75) is 13.0 Å². The summed E-state index contributed by atoms with van der Waals surface area (Å²) in [7, 11) is 0.